The lowest BCUT2D eigenvalue weighted by Crippen LogP contribution is -1.96. The summed E-state index contributed by atoms with van der Waals surface area (Å²) < 4.78 is 0. The molecule has 1 rings (SSSR count). The van der Waals surface area contributed by atoms with Crippen LogP contribution in [0.2, 0.25) is 0 Å². The number of rotatable bonds is 3. The maximum Gasteiger partial charge on any atom is 0.112 e. The molecule has 10 heavy (non-hydrogen) atoms. The fraction of sp³-hybridized carbons (Fsp3) is 0.429. The minimum absolute atomic E-state index is 0.770. The van der Waals surface area contributed by atoms with Gasteiger partial charge in [-0.3, -0.25) is 0 Å². The summed E-state index contributed by atoms with van der Waals surface area (Å²) in [4.78, 5) is 4.15. The molecule has 1 radical (unpaired) electrons. The molecule has 55 valence electrons. The minimum atomic E-state index is 0.770. The van der Waals surface area contributed by atoms with E-state index >= 15 is 0 Å². The standard InChI is InChI=1S/C7H11N2S/c1-3-6-7(8-4-2)10-5-9-6/h5,8H,1,3-4H2,2H3. The average molecular weight is 155 g/mol. The van der Waals surface area contributed by atoms with Crippen molar-refractivity contribution in [3.8, 4) is 0 Å². The molecule has 0 aromatic carbocycles. The van der Waals surface area contributed by atoms with E-state index in [1.165, 1.54) is 0 Å². The van der Waals surface area contributed by atoms with Gasteiger partial charge in [0.25, 0.3) is 0 Å². The molecule has 0 aliphatic carbocycles. The van der Waals surface area contributed by atoms with E-state index in [-0.39, 0.29) is 0 Å². The smallest absolute Gasteiger partial charge is 0.112 e. The van der Waals surface area contributed by atoms with Gasteiger partial charge in [0.1, 0.15) is 5.00 Å². The molecule has 1 aromatic rings. The van der Waals surface area contributed by atoms with Gasteiger partial charge >= 0.3 is 0 Å². The first-order chi connectivity index (χ1) is 4.88. The average Bonchev–Trinajstić information content (AvgIpc) is 2.36. The summed E-state index contributed by atoms with van der Waals surface area (Å²) >= 11 is 1.64. The van der Waals surface area contributed by atoms with E-state index in [1.54, 1.807) is 11.3 Å². The normalized spacial score (nSPS) is 9.80. The zero-order valence-electron chi connectivity index (χ0n) is 6.05. The third kappa shape index (κ3) is 1.48. The van der Waals surface area contributed by atoms with Crippen LogP contribution in [0, 0.1) is 6.92 Å². The van der Waals surface area contributed by atoms with E-state index in [4.69, 9.17) is 0 Å². The lowest BCUT2D eigenvalue weighted by Gasteiger charge is -1.98. The lowest BCUT2D eigenvalue weighted by molar-refractivity contribution is 1.12. The highest BCUT2D eigenvalue weighted by Gasteiger charge is 2.00. The maximum atomic E-state index is 4.15. The first-order valence-corrected chi connectivity index (χ1v) is 4.22. The molecule has 0 aliphatic rings. The molecule has 0 atom stereocenters. The summed E-state index contributed by atoms with van der Waals surface area (Å²) in [5.41, 5.74) is 2.92. The Morgan fingerprint density at radius 2 is 2.60 bits per heavy atom. The SMILES string of the molecule is [CH2]Cc1ncsc1NCC. The van der Waals surface area contributed by atoms with Crippen LogP contribution in [0.25, 0.3) is 0 Å². The van der Waals surface area contributed by atoms with E-state index < -0.39 is 0 Å². The van der Waals surface area contributed by atoms with Crippen molar-refractivity contribution in [3.63, 3.8) is 0 Å². The monoisotopic (exact) mass is 155 g/mol. The molecule has 0 aliphatic heterocycles. The van der Waals surface area contributed by atoms with Crippen LogP contribution in [-0.4, -0.2) is 11.5 Å². The van der Waals surface area contributed by atoms with Gasteiger partial charge in [-0.15, -0.1) is 11.3 Å². The second-order valence-corrected chi connectivity index (χ2v) is 2.76. The van der Waals surface area contributed by atoms with Gasteiger partial charge in [-0.1, -0.05) is 0 Å². The molecule has 3 heteroatoms. The number of thiazole rings is 1. The van der Waals surface area contributed by atoms with Crippen LogP contribution in [0.3, 0.4) is 0 Å². The minimum Gasteiger partial charge on any atom is -0.376 e. The molecule has 1 aromatic heterocycles. The van der Waals surface area contributed by atoms with E-state index in [1.807, 2.05) is 5.51 Å². The van der Waals surface area contributed by atoms with Gasteiger partial charge in [-0.25, -0.2) is 4.98 Å². The summed E-state index contributed by atoms with van der Waals surface area (Å²) in [6.07, 6.45) is 0.770. The van der Waals surface area contributed by atoms with Gasteiger partial charge in [0, 0.05) is 6.54 Å². The molecule has 0 saturated heterocycles. The van der Waals surface area contributed by atoms with Crippen molar-refractivity contribution in [3.05, 3.63) is 18.1 Å². The molecule has 0 fully saturated rings. The van der Waals surface area contributed by atoms with E-state index in [9.17, 15) is 0 Å². The van der Waals surface area contributed by atoms with Crippen molar-refractivity contribution in [1.82, 2.24) is 4.98 Å². The second-order valence-electron chi connectivity index (χ2n) is 1.91. The highest BCUT2D eigenvalue weighted by Crippen LogP contribution is 2.19. The first-order valence-electron chi connectivity index (χ1n) is 3.34. The summed E-state index contributed by atoms with van der Waals surface area (Å²) in [6.45, 7) is 6.80. The van der Waals surface area contributed by atoms with Crippen molar-refractivity contribution < 1.29 is 0 Å². The highest BCUT2D eigenvalue weighted by atomic mass is 32.1. The van der Waals surface area contributed by atoms with Gasteiger partial charge in [-0.05, 0) is 20.3 Å². The van der Waals surface area contributed by atoms with Crippen LogP contribution in [0.1, 0.15) is 12.6 Å². The van der Waals surface area contributed by atoms with Gasteiger partial charge in [0.2, 0.25) is 0 Å². The Morgan fingerprint density at radius 1 is 1.80 bits per heavy atom. The van der Waals surface area contributed by atoms with Crippen molar-refractivity contribution in [2.45, 2.75) is 13.3 Å². The molecule has 0 bridgehead atoms. The van der Waals surface area contributed by atoms with Crippen molar-refractivity contribution in [1.29, 1.82) is 0 Å². The molecular weight excluding hydrogens is 144 g/mol. The molecule has 0 saturated carbocycles. The largest absolute Gasteiger partial charge is 0.376 e. The molecule has 1 N–H and O–H groups in total. The Hall–Kier alpha value is -0.570. The van der Waals surface area contributed by atoms with Crippen molar-refractivity contribution in [2.75, 3.05) is 11.9 Å². The Balaban J connectivity index is 2.70. The molecular formula is C7H11N2S. The Labute approximate surface area is 65.3 Å². The Morgan fingerprint density at radius 3 is 3.20 bits per heavy atom. The summed E-state index contributed by atoms with van der Waals surface area (Å²) in [5.74, 6) is 0. The topological polar surface area (TPSA) is 24.9 Å². The van der Waals surface area contributed by atoms with Crippen LogP contribution in [-0.2, 0) is 6.42 Å². The first kappa shape index (κ1) is 7.54. The highest BCUT2D eigenvalue weighted by molar-refractivity contribution is 7.14. The molecule has 0 spiro atoms. The third-order valence-electron chi connectivity index (χ3n) is 1.22. The molecule has 0 amide bonds. The Kier molecular flexibility index (Phi) is 2.68. The zero-order chi connectivity index (χ0) is 7.40. The molecule has 1 heterocycles. The zero-order valence-corrected chi connectivity index (χ0v) is 6.87. The van der Waals surface area contributed by atoms with Gasteiger partial charge in [0.15, 0.2) is 0 Å². The summed E-state index contributed by atoms with van der Waals surface area (Å²) in [5, 5.41) is 4.39. The van der Waals surface area contributed by atoms with E-state index in [2.05, 4.69) is 24.1 Å². The Bertz CT molecular complexity index is 195. The summed E-state index contributed by atoms with van der Waals surface area (Å²) in [6, 6.07) is 0. The number of aromatic nitrogens is 1. The number of nitrogens with zero attached hydrogens (tertiary/aromatic N) is 1. The fourth-order valence-corrected chi connectivity index (χ4v) is 1.56. The van der Waals surface area contributed by atoms with Crippen LogP contribution in [0.4, 0.5) is 5.00 Å². The predicted molar refractivity (Wildman–Crippen MR) is 45.3 cm³/mol. The van der Waals surface area contributed by atoms with Gasteiger partial charge in [-0.2, -0.15) is 0 Å². The van der Waals surface area contributed by atoms with E-state index in [0.29, 0.717) is 0 Å². The number of nitrogens with one attached hydrogen (secondary N) is 1. The summed E-state index contributed by atoms with van der Waals surface area (Å²) in [7, 11) is 0. The van der Waals surface area contributed by atoms with Crippen LogP contribution >= 0.6 is 11.3 Å². The van der Waals surface area contributed by atoms with Crippen molar-refractivity contribution >= 4 is 16.3 Å². The second kappa shape index (κ2) is 3.56. The van der Waals surface area contributed by atoms with E-state index in [0.717, 1.165) is 23.7 Å². The number of hydrogen-bond acceptors (Lipinski definition) is 3. The number of anilines is 1. The predicted octanol–water partition coefficient (Wildman–Crippen LogP) is 1.95. The maximum absolute atomic E-state index is 4.15. The number of hydrogen-bond donors (Lipinski definition) is 1. The fourth-order valence-electron chi connectivity index (χ4n) is 0.752. The lowest BCUT2D eigenvalue weighted by atomic mass is 10.3. The van der Waals surface area contributed by atoms with Crippen LogP contribution < -0.4 is 5.32 Å². The van der Waals surface area contributed by atoms with Crippen molar-refractivity contribution in [2.24, 2.45) is 0 Å². The molecule has 2 nitrogen and oxygen atoms in total. The molecule has 0 unspecified atom stereocenters. The van der Waals surface area contributed by atoms with Gasteiger partial charge < -0.3 is 5.32 Å². The van der Waals surface area contributed by atoms with Gasteiger partial charge in [0.05, 0.1) is 11.2 Å². The van der Waals surface area contributed by atoms with Crippen LogP contribution in [0.15, 0.2) is 5.51 Å². The van der Waals surface area contributed by atoms with Crippen LogP contribution in [0.5, 0.6) is 0 Å². The third-order valence-corrected chi connectivity index (χ3v) is 2.04. The quantitative estimate of drug-likeness (QED) is 0.721.